The molecule has 0 radical (unpaired) electrons. The lowest BCUT2D eigenvalue weighted by Gasteiger charge is -2.34. The van der Waals surface area contributed by atoms with E-state index in [2.05, 4.69) is 4.98 Å². The lowest BCUT2D eigenvalue weighted by Crippen LogP contribution is -2.39. The minimum atomic E-state index is -0.744. The van der Waals surface area contributed by atoms with Crippen LogP contribution in [0.25, 0.3) is 0 Å². The molecule has 1 aromatic rings. The highest BCUT2D eigenvalue weighted by molar-refractivity contribution is 5.93. The third-order valence-electron chi connectivity index (χ3n) is 4.01. The SMILES string of the molecule is COc1cc(C2(CC=O)CCCCC2=O)cnc1OC. The molecule has 0 aromatic carbocycles. The van der Waals surface area contributed by atoms with Crippen LogP contribution in [0.4, 0.5) is 0 Å². The quantitative estimate of drug-likeness (QED) is 0.771. The lowest BCUT2D eigenvalue weighted by molar-refractivity contribution is -0.128. The zero-order chi connectivity index (χ0) is 14.6. The van der Waals surface area contributed by atoms with E-state index in [1.165, 1.54) is 14.2 Å². The molecule has 1 aliphatic carbocycles. The summed E-state index contributed by atoms with van der Waals surface area (Å²) in [4.78, 5) is 27.6. The van der Waals surface area contributed by atoms with Crippen LogP contribution in [0.5, 0.6) is 11.6 Å². The highest BCUT2D eigenvalue weighted by Crippen LogP contribution is 2.41. The molecule has 1 aromatic heterocycles. The van der Waals surface area contributed by atoms with E-state index in [1.54, 1.807) is 12.3 Å². The van der Waals surface area contributed by atoms with Crippen molar-refractivity contribution in [1.29, 1.82) is 0 Å². The fourth-order valence-electron chi connectivity index (χ4n) is 2.87. The van der Waals surface area contributed by atoms with Crippen LogP contribution in [0.3, 0.4) is 0 Å². The molecule has 0 bridgehead atoms. The number of pyridine rings is 1. The van der Waals surface area contributed by atoms with Gasteiger partial charge in [-0.15, -0.1) is 0 Å². The van der Waals surface area contributed by atoms with Crippen LogP contribution in [0.15, 0.2) is 12.3 Å². The van der Waals surface area contributed by atoms with Crippen molar-refractivity contribution in [3.8, 4) is 11.6 Å². The van der Waals surface area contributed by atoms with Crippen LogP contribution < -0.4 is 9.47 Å². The zero-order valence-corrected chi connectivity index (χ0v) is 11.8. The van der Waals surface area contributed by atoms with E-state index >= 15 is 0 Å². The summed E-state index contributed by atoms with van der Waals surface area (Å²) < 4.78 is 10.3. The van der Waals surface area contributed by atoms with Gasteiger partial charge < -0.3 is 14.3 Å². The van der Waals surface area contributed by atoms with Crippen LogP contribution in [0, 0.1) is 0 Å². The molecule has 20 heavy (non-hydrogen) atoms. The van der Waals surface area contributed by atoms with Gasteiger partial charge in [0.15, 0.2) is 5.75 Å². The largest absolute Gasteiger partial charge is 0.491 e. The highest BCUT2D eigenvalue weighted by atomic mass is 16.5. The van der Waals surface area contributed by atoms with Gasteiger partial charge in [0.1, 0.15) is 12.1 Å². The van der Waals surface area contributed by atoms with Gasteiger partial charge in [-0.2, -0.15) is 0 Å². The van der Waals surface area contributed by atoms with Crippen LogP contribution in [-0.2, 0) is 15.0 Å². The Morgan fingerprint density at radius 3 is 2.75 bits per heavy atom. The first-order valence-corrected chi connectivity index (χ1v) is 6.73. The minimum Gasteiger partial charge on any atom is -0.491 e. The molecule has 1 heterocycles. The molecule has 0 amide bonds. The Morgan fingerprint density at radius 1 is 1.35 bits per heavy atom. The summed E-state index contributed by atoms with van der Waals surface area (Å²) in [5.74, 6) is 0.972. The second-order valence-electron chi connectivity index (χ2n) is 5.02. The standard InChI is InChI=1S/C15H19NO4/c1-19-12-9-11(10-16-14(12)20-2)15(7-8-17)6-4-3-5-13(15)18/h8-10H,3-7H2,1-2H3. The normalized spacial score (nSPS) is 22.4. The van der Waals surface area contributed by atoms with Crippen molar-refractivity contribution in [1.82, 2.24) is 4.98 Å². The van der Waals surface area contributed by atoms with Gasteiger partial charge in [0, 0.05) is 19.0 Å². The summed E-state index contributed by atoms with van der Waals surface area (Å²) in [6.07, 6.45) is 5.66. The fourth-order valence-corrected chi connectivity index (χ4v) is 2.87. The number of carbonyl (C=O) groups is 2. The number of methoxy groups -OCH3 is 2. The summed E-state index contributed by atoms with van der Waals surface area (Å²) in [5, 5.41) is 0. The van der Waals surface area contributed by atoms with E-state index in [9.17, 15) is 9.59 Å². The monoisotopic (exact) mass is 277 g/mol. The zero-order valence-electron chi connectivity index (χ0n) is 11.8. The van der Waals surface area contributed by atoms with Gasteiger partial charge in [0.2, 0.25) is 0 Å². The molecule has 2 rings (SSSR count). The van der Waals surface area contributed by atoms with Gasteiger partial charge in [-0.25, -0.2) is 4.98 Å². The molecule has 1 atom stereocenters. The molecule has 1 unspecified atom stereocenters. The maximum atomic E-state index is 12.4. The Bertz CT molecular complexity index is 515. The molecule has 1 saturated carbocycles. The second-order valence-corrected chi connectivity index (χ2v) is 5.02. The maximum Gasteiger partial charge on any atom is 0.256 e. The maximum absolute atomic E-state index is 12.4. The van der Waals surface area contributed by atoms with Gasteiger partial charge in [0.05, 0.1) is 19.6 Å². The third kappa shape index (κ3) is 2.40. The van der Waals surface area contributed by atoms with E-state index < -0.39 is 5.41 Å². The molecule has 0 saturated heterocycles. The Hall–Kier alpha value is -1.91. The number of ketones is 1. The predicted octanol–water partition coefficient (Wildman–Crippen LogP) is 2.07. The van der Waals surface area contributed by atoms with Crippen molar-refractivity contribution in [2.75, 3.05) is 14.2 Å². The van der Waals surface area contributed by atoms with Crippen molar-refractivity contribution in [2.24, 2.45) is 0 Å². The molecular weight excluding hydrogens is 258 g/mol. The number of hydrogen-bond acceptors (Lipinski definition) is 5. The minimum absolute atomic E-state index is 0.116. The Kier molecular flexibility index (Phi) is 4.37. The lowest BCUT2D eigenvalue weighted by atomic mass is 9.67. The Labute approximate surface area is 118 Å². The summed E-state index contributed by atoms with van der Waals surface area (Å²) in [6.45, 7) is 0. The van der Waals surface area contributed by atoms with E-state index in [0.29, 0.717) is 24.5 Å². The number of nitrogens with zero attached hydrogens (tertiary/aromatic N) is 1. The molecular formula is C15H19NO4. The Balaban J connectivity index is 2.48. The fraction of sp³-hybridized carbons (Fsp3) is 0.533. The summed E-state index contributed by atoms with van der Waals surface area (Å²) in [5.41, 5.74) is -0.000954. The topological polar surface area (TPSA) is 65.5 Å². The average molecular weight is 277 g/mol. The predicted molar refractivity (Wildman–Crippen MR) is 73.2 cm³/mol. The van der Waals surface area contributed by atoms with Gasteiger partial charge in [0.25, 0.3) is 5.88 Å². The van der Waals surface area contributed by atoms with E-state index in [1.807, 2.05) is 0 Å². The molecule has 5 nitrogen and oxygen atoms in total. The Morgan fingerprint density at radius 2 is 2.15 bits per heavy atom. The van der Waals surface area contributed by atoms with Gasteiger partial charge >= 0.3 is 0 Å². The first-order chi connectivity index (χ1) is 9.67. The first-order valence-electron chi connectivity index (χ1n) is 6.73. The molecule has 0 N–H and O–H groups in total. The number of hydrogen-bond donors (Lipinski definition) is 0. The number of ether oxygens (including phenoxy) is 2. The number of rotatable bonds is 5. The number of aldehydes is 1. The summed E-state index contributed by atoms with van der Waals surface area (Å²) in [7, 11) is 3.04. The first kappa shape index (κ1) is 14.5. The number of carbonyl (C=O) groups excluding carboxylic acids is 2. The number of Topliss-reactive ketones (excluding diaryl/α,β-unsaturated/α-hetero) is 1. The molecule has 0 aliphatic heterocycles. The second kappa shape index (κ2) is 6.03. The van der Waals surface area contributed by atoms with Crippen LogP contribution in [0.2, 0.25) is 0 Å². The van der Waals surface area contributed by atoms with Crippen LogP contribution in [0.1, 0.15) is 37.7 Å². The molecule has 1 fully saturated rings. The summed E-state index contributed by atoms with van der Waals surface area (Å²) >= 11 is 0. The van der Waals surface area contributed by atoms with E-state index in [4.69, 9.17) is 9.47 Å². The smallest absolute Gasteiger partial charge is 0.256 e. The van der Waals surface area contributed by atoms with Gasteiger partial charge in [-0.1, -0.05) is 6.42 Å². The van der Waals surface area contributed by atoms with Crippen LogP contribution >= 0.6 is 0 Å². The molecule has 5 heteroatoms. The van der Waals surface area contributed by atoms with E-state index in [0.717, 1.165) is 24.7 Å². The average Bonchev–Trinajstić information content (AvgIpc) is 2.49. The number of aromatic nitrogens is 1. The van der Waals surface area contributed by atoms with Crippen molar-refractivity contribution >= 4 is 12.1 Å². The summed E-state index contributed by atoms with van der Waals surface area (Å²) in [6, 6.07) is 1.76. The van der Waals surface area contributed by atoms with Crippen molar-refractivity contribution in [2.45, 2.75) is 37.5 Å². The highest BCUT2D eigenvalue weighted by Gasteiger charge is 2.41. The van der Waals surface area contributed by atoms with Crippen LogP contribution in [-0.4, -0.2) is 31.3 Å². The van der Waals surface area contributed by atoms with Gasteiger partial charge in [-0.05, 0) is 24.5 Å². The van der Waals surface area contributed by atoms with Crippen molar-refractivity contribution < 1.29 is 19.1 Å². The third-order valence-corrected chi connectivity index (χ3v) is 4.01. The van der Waals surface area contributed by atoms with Crippen molar-refractivity contribution in [3.63, 3.8) is 0 Å². The van der Waals surface area contributed by atoms with Crippen molar-refractivity contribution in [3.05, 3.63) is 17.8 Å². The molecule has 108 valence electrons. The molecule has 0 spiro atoms. The van der Waals surface area contributed by atoms with E-state index in [-0.39, 0.29) is 12.2 Å². The molecule has 1 aliphatic rings. The van der Waals surface area contributed by atoms with Gasteiger partial charge in [-0.3, -0.25) is 4.79 Å².